The number of nitrogens with one attached hydrogen (secondary N) is 1. The van der Waals surface area contributed by atoms with Crippen LogP contribution in [-0.2, 0) is 9.47 Å². The summed E-state index contributed by atoms with van der Waals surface area (Å²) in [5.41, 5.74) is -0.802. The van der Waals surface area contributed by atoms with Crippen LogP contribution in [0.25, 0.3) is 0 Å². The summed E-state index contributed by atoms with van der Waals surface area (Å²) in [5, 5.41) is 30.8. The zero-order valence-corrected chi connectivity index (χ0v) is 11.7. The van der Waals surface area contributed by atoms with Crippen LogP contribution < -0.4 is 11.0 Å². The van der Waals surface area contributed by atoms with Crippen LogP contribution in [0.1, 0.15) is 13.2 Å². The van der Waals surface area contributed by atoms with Crippen LogP contribution in [0, 0.1) is 0 Å². The second kappa shape index (κ2) is 6.83. The Labute approximate surface area is 124 Å². The van der Waals surface area contributed by atoms with E-state index in [-0.39, 0.29) is 12.4 Å². The second-order valence-corrected chi connectivity index (χ2v) is 4.58. The summed E-state index contributed by atoms with van der Waals surface area (Å²) in [4.78, 5) is 26.8. The maximum absolute atomic E-state index is 11.9. The van der Waals surface area contributed by atoms with Gasteiger partial charge in [0.05, 0.1) is 13.2 Å². The Hall–Kier alpha value is -2.01. The number of anilines is 1. The molecule has 10 heteroatoms. The molecule has 0 saturated carbocycles. The molecule has 4 N–H and O–H groups in total. The third kappa shape index (κ3) is 3.25. The number of ether oxygens (including phenoxy) is 2. The lowest BCUT2D eigenvalue weighted by atomic mass is 10.1. The number of nitrogens with zero attached hydrogens (tertiary/aromatic N) is 2. The van der Waals surface area contributed by atoms with E-state index in [1.165, 1.54) is 12.3 Å². The standard InChI is InChI=1S/C12H17N3O7/c1-2-21-12(20)14-7-3-4-15(11(19)13-7)10-9(18)8(17)6(5-16)22-10/h3-4,6,8-10,16-18H,2,5H2,1H3,(H,13,14,19,20)/t6-,8?,9?,10-/m1/s1. The highest BCUT2D eigenvalue weighted by Crippen LogP contribution is 2.28. The zero-order chi connectivity index (χ0) is 16.3. The molecule has 1 amide bonds. The average Bonchev–Trinajstić information content (AvgIpc) is 2.75. The summed E-state index contributed by atoms with van der Waals surface area (Å²) in [5.74, 6) is -0.0218. The minimum absolute atomic E-state index is 0.0218. The maximum atomic E-state index is 11.9. The Morgan fingerprint density at radius 3 is 2.77 bits per heavy atom. The number of hydrogen-bond acceptors (Lipinski definition) is 8. The summed E-state index contributed by atoms with van der Waals surface area (Å²) in [7, 11) is 0. The van der Waals surface area contributed by atoms with Crippen LogP contribution in [0.15, 0.2) is 17.1 Å². The number of amides is 1. The molecule has 10 nitrogen and oxygen atoms in total. The van der Waals surface area contributed by atoms with Gasteiger partial charge in [-0.15, -0.1) is 0 Å². The fourth-order valence-corrected chi connectivity index (χ4v) is 2.06. The van der Waals surface area contributed by atoms with Crippen LogP contribution >= 0.6 is 0 Å². The monoisotopic (exact) mass is 315 g/mol. The van der Waals surface area contributed by atoms with E-state index in [9.17, 15) is 19.8 Å². The SMILES string of the molecule is CCOC(=O)Nc1ccn([C@@H]2O[C@H](CO)C(O)C2O)c(=O)n1. The average molecular weight is 315 g/mol. The summed E-state index contributed by atoms with van der Waals surface area (Å²) in [6, 6.07) is 1.31. The lowest BCUT2D eigenvalue weighted by Crippen LogP contribution is -2.36. The van der Waals surface area contributed by atoms with Crippen LogP contribution in [0.4, 0.5) is 10.6 Å². The van der Waals surface area contributed by atoms with Crippen molar-refractivity contribution in [2.24, 2.45) is 0 Å². The molecule has 22 heavy (non-hydrogen) atoms. The number of carbonyl (C=O) groups excluding carboxylic acids is 1. The Morgan fingerprint density at radius 1 is 1.50 bits per heavy atom. The zero-order valence-electron chi connectivity index (χ0n) is 11.7. The minimum Gasteiger partial charge on any atom is -0.450 e. The van der Waals surface area contributed by atoms with Gasteiger partial charge in [-0.05, 0) is 13.0 Å². The fourth-order valence-electron chi connectivity index (χ4n) is 2.06. The molecular formula is C12H17N3O7. The highest BCUT2D eigenvalue weighted by molar-refractivity contribution is 5.83. The van der Waals surface area contributed by atoms with Gasteiger partial charge in [-0.2, -0.15) is 4.98 Å². The van der Waals surface area contributed by atoms with Gasteiger partial charge in [-0.1, -0.05) is 0 Å². The van der Waals surface area contributed by atoms with E-state index < -0.39 is 42.9 Å². The number of aromatic nitrogens is 2. The van der Waals surface area contributed by atoms with Crippen LogP contribution in [-0.4, -0.2) is 62.5 Å². The molecule has 0 aromatic carbocycles. The third-order valence-electron chi connectivity index (χ3n) is 3.13. The van der Waals surface area contributed by atoms with Crippen molar-refractivity contribution < 1.29 is 29.6 Å². The molecule has 0 aliphatic carbocycles. The number of rotatable bonds is 4. The number of aliphatic hydroxyl groups is 3. The highest BCUT2D eigenvalue weighted by Gasteiger charge is 2.43. The molecule has 0 spiro atoms. The highest BCUT2D eigenvalue weighted by atomic mass is 16.6. The minimum atomic E-state index is -1.39. The largest absolute Gasteiger partial charge is 0.450 e. The Bertz CT molecular complexity index is 590. The van der Waals surface area contributed by atoms with E-state index in [0.717, 1.165) is 4.57 Å². The normalized spacial score (nSPS) is 27.6. The van der Waals surface area contributed by atoms with Crippen molar-refractivity contribution in [3.8, 4) is 0 Å². The van der Waals surface area contributed by atoms with Crippen molar-refractivity contribution in [1.82, 2.24) is 9.55 Å². The molecule has 1 saturated heterocycles. The molecule has 0 radical (unpaired) electrons. The van der Waals surface area contributed by atoms with Gasteiger partial charge in [0.1, 0.15) is 24.1 Å². The van der Waals surface area contributed by atoms with Crippen LogP contribution in [0.2, 0.25) is 0 Å². The van der Waals surface area contributed by atoms with Gasteiger partial charge in [0.25, 0.3) is 0 Å². The Morgan fingerprint density at radius 2 is 2.23 bits per heavy atom. The van der Waals surface area contributed by atoms with Crippen molar-refractivity contribution in [2.75, 3.05) is 18.5 Å². The van der Waals surface area contributed by atoms with Gasteiger partial charge in [0.15, 0.2) is 6.23 Å². The van der Waals surface area contributed by atoms with Gasteiger partial charge in [0, 0.05) is 6.20 Å². The van der Waals surface area contributed by atoms with Gasteiger partial charge < -0.3 is 24.8 Å². The molecule has 2 unspecified atom stereocenters. The lowest BCUT2D eigenvalue weighted by Gasteiger charge is -2.17. The van der Waals surface area contributed by atoms with Crippen LogP contribution in [0.5, 0.6) is 0 Å². The van der Waals surface area contributed by atoms with Crippen molar-refractivity contribution >= 4 is 11.9 Å². The van der Waals surface area contributed by atoms with Crippen molar-refractivity contribution in [2.45, 2.75) is 31.5 Å². The van der Waals surface area contributed by atoms with Crippen LogP contribution in [0.3, 0.4) is 0 Å². The maximum Gasteiger partial charge on any atom is 0.412 e. The van der Waals surface area contributed by atoms with Gasteiger partial charge in [-0.3, -0.25) is 9.88 Å². The number of hydrogen-bond donors (Lipinski definition) is 4. The first-order valence-corrected chi connectivity index (χ1v) is 6.63. The quantitative estimate of drug-likeness (QED) is 0.521. The van der Waals surface area contributed by atoms with Gasteiger partial charge in [0.2, 0.25) is 0 Å². The summed E-state index contributed by atoms with van der Waals surface area (Å²) in [6.07, 6.45) is -4.38. The second-order valence-electron chi connectivity index (χ2n) is 4.58. The molecule has 1 fully saturated rings. The summed E-state index contributed by atoms with van der Waals surface area (Å²) in [6.45, 7) is 1.30. The smallest absolute Gasteiger partial charge is 0.412 e. The van der Waals surface area contributed by atoms with Crippen molar-refractivity contribution in [1.29, 1.82) is 0 Å². The van der Waals surface area contributed by atoms with Crippen molar-refractivity contribution in [3.63, 3.8) is 0 Å². The lowest BCUT2D eigenvalue weighted by molar-refractivity contribution is -0.0549. The van der Waals surface area contributed by atoms with Gasteiger partial charge >= 0.3 is 11.8 Å². The molecule has 1 aliphatic rings. The summed E-state index contributed by atoms with van der Waals surface area (Å²) >= 11 is 0. The van der Waals surface area contributed by atoms with E-state index in [2.05, 4.69) is 15.0 Å². The van der Waals surface area contributed by atoms with E-state index >= 15 is 0 Å². The topological polar surface area (TPSA) is 143 Å². The molecule has 1 aromatic heterocycles. The first-order valence-electron chi connectivity index (χ1n) is 6.63. The molecule has 2 rings (SSSR count). The van der Waals surface area contributed by atoms with E-state index in [0.29, 0.717) is 0 Å². The predicted molar refractivity (Wildman–Crippen MR) is 72.2 cm³/mol. The molecule has 0 bridgehead atoms. The molecule has 2 heterocycles. The molecular weight excluding hydrogens is 298 g/mol. The van der Waals surface area contributed by atoms with E-state index in [1.807, 2.05) is 0 Å². The van der Waals surface area contributed by atoms with Crippen molar-refractivity contribution in [3.05, 3.63) is 22.7 Å². The summed E-state index contributed by atoms with van der Waals surface area (Å²) < 4.78 is 10.8. The molecule has 4 atom stereocenters. The molecule has 122 valence electrons. The fraction of sp³-hybridized carbons (Fsp3) is 0.583. The van der Waals surface area contributed by atoms with Gasteiger partial charge in [-0.25, -0.2) is 9.59 Å². The number of aliphatic hydroxyl groups excluding tert-OH is 3. The van der Waals surface area contributed by atoms with E-state index in [4.69, 9.17) is 9.84 Å². The third-order valence-corrected chi connectivity index (χ3v) is 3.13. The predicted octanol–water partition coefficient (Wildman–Crippen LogP) is -1.58. The van der Waals surface area contributed by atoms with E-state index in [1.54, 1.807) is 6.92 Å². The first kappa shape index (κ1) is 16.4. The molecule has 1 aliphatic heterocycles. The first-order chi connectivity index (χ1) is 10.5. The number of carbonyl (C=O) groups is 1. The Kier molecular flexibility index (Phi) is 5.08. The molecule has 1 aromatic rings. The Balaban J connectivity index is 2.17.